The van der Waals surface area contributed by atoms with E-state index in [4.69, 9.17) is 0 Å². The number of carbonyl (C=O) groups is 1. The van der Waals surface area contributed by atoms with Gasteiger partial charge in [0.05, 0.1) is 18.3 Å². The Labute approximate surface area is 142 Å². The van der Waals surface area contributed by atoms with Crippen molar-refractivity contribution < 1.29 is 9.90 Å². The van der Waals surface area contributed by atoms with Crippen LogP contribution in [0.25, 0.3) is 0 Å². The van der Waals surface area contributed by atoms with Crippen LogP contribution in [0.3, 0.4) is 0 Å². The fourth-order valence-corrected chi connectivity index (χ4v) is 3.11. The molecule has 1 aliphatic heterocycles. The van der Waals surface area contributed by atoms with E-state index in [9.17, 15) is 9.90 Å². The Hall–Kier alpha value is -2.56. The minimum atomic E-state index is -0.163. The lowest BCUT2D eigenvalue weighted by atomic mass is 10.1. The molecule has 0 atom stereocenters. The number of hydrogen-bond acceptors (Lipinski definition) is 4. The van der Waals surface area contributed by atoms with E-state index in [0.717, 1.165) is 24.5 Å². The van der Waals surface area contributed by atoms with E-state index in [0.29, 0.717) is 11.3 Å². The molecule has 0 spiro atoms. The summed E-state index contributed by atoms with van der Waals surface area (Å²) in [6, 6.07) is 8.84. The number of anilines is 2. The SMILES string of the molecule is Cc1cc(NC(=O)Cc2ccccc2O)cnc1N1CCCCC1. The average molecular weight is 325 g/mol. The van der Waals surface area contributed by atoms with Gasteiger partial charge >= 0.3 is 0 Å². The molecule has 0 aliphatic carbocycles. The van der Waals surface area contributed by atoms with Crippen molar-refractivity contribution in [2.75, 3.05) is 23.3 Å². The lowest BCUT2D eigenvalue weighted by Crippen LogP contribution is -2.30. The van der Waals surface area contributed by atoms with Crippen molar-refractivity contribution in [2.45, 2.75) is 32.6 Å². The molecule has 0 radical (unpaired) electrons. The molecule has 1 aromatic carbocycles. The van der Waals surface area contributed by atoms with Crippen molar-refractivity contribution in [3.63, 3.8) is 0 Å². The molecule has 5 heteroatoms. The first-order valence-electron chi connectivity index (χ1n) is 8.42. The summed E-state index contributed by atoms with van der Waals surface area (Å²) in [6.07, 6.45) is 5.55. The van der Waals surface area contributed by atoms with Gasteiger partial charge in [-0.1, -0.05) is 18.2 Å². The Morgan fingerprint density at radius 2 is 2.00 bits per heavy atom. The van der Waals surface area contributed by atoms with Crippen LogP contribution in [-0.2, 0) is 11.2 Å². The molecule has 5 nitrogen and oxygen atoms in total. The molecule has 2 aromatic rings. The van der Waals surface area contributed by atoms with E-state index in [1.165, 1.54) is 19.3 Å². The van der Waals surface area contributed by atoms with Crippen molar-refractivity contribution in [1.82, 2.24) is 4.98 Å². The number of nitrogens with one attached hydrogen (secondary N) is 1. The second kappa shape index (κ2) is 7.34. The monoisotopic (exact) mass is 325 g/mol. The molecule has 24 heavy (non-hydrogen) atoms. The summed E-state index contributed by atoms with van der Waals surface area (Å²) >= 11 is 0. The first kappa shape index (κ1) is 16.3. The number of para-hydroxylation sites is 1. The highest BCUT2D eigenvalue weighted by Gasteiger charge is 2.15. The maximum atomic E-state index is 12.2. The molecule has 1 aromatic heterocycles. The summed E-state index contributed by atoms with van der Waals surface area (Å²) in [4.78, 5) is 19.0. The number of rotatable bonds is 4. The lowest BCUT2D eigenvalue weighted by Gasteiger charge is -2.29. The van der Waals surface area contributed by atoms with E-state index in [1.807, 2.05) is 13.0 Å². The molecule has 3 rings (SSSR count). The van der Waals surface area contributed by atoms with Crippen molar-refractivity contribution >= 4 is 17.4 Å². The predicted octanol–water partition coefficient (Wildman–Crippen LogP) is 3.27. The Balaban J connectivity index is 1.66. The van der Waals surface area contributed by atoms with Crippen LogP contribution in [0.4, 0.5) is 11.5 Å². The fourth-order valence-electron chi connectivity index (χ4n) is 3.11. The molecule has 0 saturated carbocycles. The number of phenols is 1. The molecule has 0 unspecified atom stereocenters. The number of amides is 1. The molecule has 2 N–H and O–H groups in total. The van der Waals surface area contributed by atoms with E-state index < -0.39 is 0 Å². The highest BCUT2D eigenvalue weighted by Crippen LogP contribution is 2.24. The third-order valence-electron chi connectivity index (χ3n) is 4.33. The van der Waals surface area contributed by atoms with Crippen LogP contribution in [0.15, 0.2) is 36.5 Å². The molecule has 126 valence electrons. The van der Waals surface area contributed by atoms with Crippen molar-refractivity contribution in [1.29, 1.82) is 0 Å². The zero-order valence-corrected chi connectivity index (χ0v) is 14.0. The van der Waals surface area contributed by atoms with Crippen LogP contribution in [0.1, 0.15) is 30.4 Å². The second-order valence-corrected chi connectivity index (χ2v) is 6.27. The van der Waals surface area contributed by atoms with Crippen molar-refractivity contribution in [3.05, 3.63) is 47.7 Å². The summed E-state index contributed by atoms with van der Waals surface area (Å²) in [7, 11) is 0. The molecular weight excluding hydrogens is 302 g/mol. The van der Waals surface area contributed by atoms with Crippen molar-refractivity contribution in [2.24, 2.45) is 0 Å². The number of benzene rings is 1. The maximum absolute atomic E-state index is 12.2. The van der Waals surface area contributed by atoms with Crippen LogP contribution < -0.4 is 10.2 Å². The van der Waals surface area contributed by atoms with Gasteiger partial charge in [-0.15, -0.1) is 0 Å². The third-order valence-corrected chi connectivity index (χ3v) is 4.33. The number of piperidine rings is 1. The minimum absolute atomic E-state index is 0.138. The Morgan fingerprint density at radius 3 is 2.71 bits per heavy atom. The lowest BCUT2D eigenvalue weighted by molar-refractivity contribution is -0.115. The van der Waals surface area contributed by atoms with Gasteiger partial charge in [-0.25, -0.2) is 4.98 Å². The quantitative estimate of drug-likeness (QED) is 0.905. The molecule has 1 saturated heterocycles. The van der Waals surface area contributed by atoms with Gasteiger partial charge < -0.3 is 15.3 Å². The summed E-state index contributed by atoms with van der Waals surface area (Å²) in [5.74, 6) is 0.985. The van der Waals surface area contributed by atoms with Crippen LogP contribution >= 0.6 is 0 Å². The van der Waals surface area contributed by atoms with Crippen LogP contribution in [0, 0.1) is 6.92 Å². The summed E-state index contributed by atoms with van der Waals surface area (Å²) in [6.45, 7) is 4.12. The number of aryl methyl sites for hydroxylation is 1. The fraction of sp³-hybridized carbons (Fsp3) is 0.368. The van der Waals surface area contributed by atoms with Gasteiger partial charge in [0, 0.05) is 18.7 Å². The molecule has 1 amide bonds. The van der Waals surface area contributed by atoms with Crippen LogP contribution in [0.2, 0.25) is 0 Å². The highest BCUT2D eigenvalue weighted by molar-refractivity contribution is 5.92. The summed E-state index contributed by atoms with van der Waals surface area (Å²) in [5, 5.41) is 12.6. The third kappa shape index (κ3) is 3.85. The summed E-state index contributed by atoms with van der Waals surface area (Å²) < 4.78 is 0. The highest BCUT2D eigenvalue weighted by atomic mass is 16.3. The zero-order valence-electron chi connectivity index (χ0n) is 14.0. The summed E-state index contributed by atoms with van der Waals surface area (Å²) in [5.41, 5.74) is 2.37. The predicted molar refractivity (Wildman–Crippen MR) is 95.5 cm³/mol. The van der Waals surface area contributed by atoms with E-state index in [1.54, 1.807) is 30.5 Å². The largest absolute Gasteiger partial charge is 0.508 e. The maximum Gasteiger partial charge on any atom is 0.228 e. The topological polar surface area (TPSA) is 65.5 Å². The van der Waals surface area contributed by atoms with Crippen LogP contribution in [-0.4, -0.2) is 29.1 Å². The number of nitrogens with zero attached hydrogens (tertiary/aromatic N) is 2. The number of carbonyl (C=O) groups excluding carboxylic acids is 1. The van der Waals surface area contributed by atoms with E-state index in [-0.39, 0.29) is 18.1 Å². The first-order chi connectivity index (χ1) is 11.6. The van der Waals surface area contributed by atoms with Gasteiger partial charge in [0.25, 0.3) is 0 Å². The van der Waals surface area contributed by atoms with Gasteiger partial charge in [-0.2, -0.15) is 0 Å². The van der Waals surface area contributed by atoms with E-state index >= 15 is 0 Å². The minimum Gasteiger partial charge on any atom is -0.508 e. The molecule has 1 aliphatic rings. The van der Waals surface area contributed by atoms with E-state index in [2.05, 4.69) is 15.2 Å². The Morgan fingerprint density at radius 1 is 1.25 bits per heavy atom. The number of phenolic OH excluding ortho intramolecular Hbond substituents is 1. The standard InChI is InChI=1S/C19H23N3O2/c1-14-11-16(13-20-19(14)22-9-5-2-6-10-22)21-18(24)12-15-7-3-4-8-17(15)23/h3-4,7-8,11,13,23H,2,5-6,9-10,12H2,1H3,(H,21,24). The Bertz CT molecular complexity index is 724. The zero-order chi connectivity index (χ0) is 16.9. The van der Waals surface area contributed by atoms with Gasteiger partial charge in [0.2, 0.25) is 5.91 Å². The number of aromatic hydroxyl groups is 1. The van der Waals surface area contributed by atoms with Crippen LogP contribution in [0.5, 0.6) is 5.75 Å². The Kier molecular flexibility index (Phi) is 4.99. The normalized spacial score (nSPS) is 14.5. The van der Waals surface area contributed by atoms with Gasteiger partial charge in [0.1, 0.15) is 11.6 Å². The smallest absolute Gasteiger partial charge is 0.228 e. The van der Waals surface area contributed by atoms with Crippen molar-refractivity contribution in [3.8, 4) is 5.75 Å². The number of pyridine rings is 1. The molecule has 1 fully saturated rings. The van der Waals surface area contributed by atoms with Gasteiger partial charge in [0.15, 0.2) is 0 Å². The molecule has 2 heterocycles. The van der Waals surface area contributed by atoms with Gasteiger partial charge in [-0.3, -0.25) is 4.79 Å². The first-order valence-corrected chi connectivity index (χ1v) is 8.42. The molecular formula is C19H23N3O2. The second-order valence-electron chi connectivity index (χ2n) is 6.27. The molecule has 0 bridgehead atoms. The average Bonchev–Trinajstić information content (AvgIpc) is 2.58. The number of aromatic nitrogens is 1. The van der Waals surface area contributed by atoms with Gasteiger partial charge in [-0.05, 0) is 43.9 Å². The number of hydrogen-bond donors (Lipinski definition) is 2.